The summed E-state index contributed by atoms with van der Waals surface area (Å²) in [4.78, 5) is 25.3. The third-order valence-corrected chi connectivity index (χ3v) is 3.81. The standard InChI is InChI=1S/C17H22N2O3/c1-10-6-7-11(2)15-14(10)12(3)16(22-15)17(21)18-9-8-13(20)19(4)5/h6-7H,8-9H2,1-5H3,(H,18,21). The number of carbonyl (C=O) groups is 2. The maximum atomic E-state index is 12.3. The number of hydrogen-bond donors (Lipinski definition) is 1. The predicted molar refractivity (Wildman–Crippen MR) is 86.1 cm³/mol. The third kappa shape index (κ3) is 2.98. The van der Waals surface area contributed by atoms with Gasteiger partial charge in [0.2, 0.25) is 5.91 Å². The van der Waals surface area contributed by atoms with Crippen molar-refractivity contribution in [3.8, 4) is 0 Å². The highest BCUT2D eigenvalue weighted by Gasteiger charge is 2.19. The van der Waals surface area contributed by atoms with Crippen LogP contribution in [0.2, 0.25) is 0 Å². The Morgan fingerprint density at radius 3 is 2.36 bits per heavy atom. The molecule has 1 aromatic carbocycles. The van der Waals surface area contributed by atoms with E-state index in [-0.39, 0.29) is 18.2 Å². The van der Waals surface area contributed by atoms with E-state index in [1.165, 1.54) is 4.90 Å². The van der Waals surface area contributed by atoms with Gasteiger partial charge >= 0.3 is 0 Å². The Morgan fingerprint density at radius 2 is 1.77 bits per heavy atom. The Morgan fingerprint density at radius 1 is 1.14 bits per heavy atom. The van der Waals surface area contributed by atoms with E-state index >= 15 is 0 Å². The number of benzene rings is 1. The zero-order valence-corrected chi connectivity index (χ0v) is 13.7. The van der Waals surface area contributed by atoms with Crippen LogP contribution in [-0.2, 0) is 4.79 Å². The van der Waals surface area contributed by atoms with Crippen molar-refractivity contribution in [1.82, 2.24) is 10.2 Å². The molecule has 0 atom stereocenters. The number of rotatable bonds is 4. The van der Waals surface area contributed by atoms with Crippen LogP contribution in [0.3, 0.4) is 0 Å². The molecular weight excluding hydrogens is 280 g/mol. The number of carbonyl (C=O) groups excluding carboxylic acids is 2. The summed E-state index contributed by atoms with van der Waals surface area (Å²) in [6.45, 7) is 6.15. The maximum Gasteiger partial charge on any atom is 0.287 e. The molecule has 0 aliphatic rings. The average Bonchev–Trinajstić information content (AvgIpc) is 2.81. The smallest absolute Gasteiger partial charge is 0.287 e. The molecule has 2 rings (SSSR count). The zero-order valence-electron chi connectivity index (χ0n) is 13.7. The highest BCUT2D eigenvalue weighted by Crippen LogP contribution is 2.30. The Hall–Kier alpha value is -2.30. The molecule has 2 amide bonds. The van der Waals surface area contributed by atoms with Crippen LogP contribution >= 0.6 is 0 Å². The topological polar surface area (TPSA) is 62.6 Å². The van der Waals surface area contributed by atoms with Crippen molar-refractivity contribution in [3.63, 3.8) is 0 Å². The van der Waals surface area contributed by atoms with E-state index in [9.17, 15) is 9.59 Å². The van der Waals surface area contributed by atoms with Crippen LogP contribution in [0.4, 0.5) is 0 Å². The number of amides is 2. The van der Waals surface area contributed by atoms with E-state index < -0.39 is 0 Å². The van der Waals surface area contributed by atoms with Crippen molar-refractivity contribution in [3.05, 3.63) is 34.6 Å². The van der Waals surface area contributed by atoms with Crippen LogP contribution in [0.15, 0.2) is 16.5 Å². The second-order valence-corrected chi connectivity index (χ2v) is 5.75. The molecule has 1 heterocycles. The van der Waals surface area contributed by atoms with Crippen LogP contribution in [-0.4, -0.2) is 37.4 Å². The van der Waals surface area contributed by atoms with Gasteiger partial charge in [-0.05, 0) is 31.9 Å². The minimum Gasteiger partial charge on any atom is -0.450 e. The highest BCUT2D eigenvalue weighted by molar-refractivity contribution is 6.00. The zero-order chi connectivity index (χ0) is 16.4. The lowest BCUT2D eigenvalue weighted by molar-refractivity contribution is -0.128. The van der Waals surface area contributed by atoms with Gasteiger partial charge in [-0.15, -0.1) is 0 Å². The van der Waals surface area contributed by atoms with Crippen LogP contribution < -0.4 is 5.32 Å². The summed E-state index contributed by atoms with van der Waals surface area (Å²) in [7, 11) is 3.39. The van der Waals surface area contributed by atoms with E-state index in [0.717, 1.165) is 27.7 Å². The minimum atomic E-state index is -0.279. The molecule has 0 bridgehead atoms. The lowest BCUT2D eigenvalue weighted by Gasteiger charge is -2.10. The number of nitrogens with zero attached hydrogens (tertiary/aromatic N) is 1. The molecule has 0 saturated carbocycles. The molecule has 5 nitrogen and oxygen atoms in total. The first-order valence-corrected chi connectivity index (χ1v) is 7.30. The monoisotopic (exact) mass is 302 g/mol. The number of fused-ring (bicyclic) bond motifs is 1. The number of hydrogen-bond acceptors (Lipinski definition) is 3. The summed E-state index contributed by atoms with van der Waals surface area (Å²) in [6.07, 6.45) is 0.274. The molecule has 0 spiro atoms. The Bertz CT molecular complexity index is 729. The molecule has 0 aliphatic carbocycles. The van der Waals surface area contributed by atoms with Crippen LogP contribution in [0, 0.1) is 20.8 Å². The molecule has 2 aromatic rings. The summed E-state index contributed by atoms with van der Waals surface area (Å²) in [5.41, 5.74) is 3.69. The molecule has 1 N–H and O–H groups in total. The van der Waals surface area contributed by atoms with E-state index in [2.05, 4.69) is 5.32 Å². The first-order chi connectivity index (χ1) is 10.3. The van der Waals surface area contributed by atoms with E-state index in [1.54, 1.807) is 14.1 Å². The minimum absolute atomic E-state index is 0.0201. The fourth-order valence-corrected chi connectivity index (χ4v) is 2.48. The van der Waals surface area contributed by atoms with Crippen LogP contribution in [0.5, 0.6) is 0 Å². The van der Waals surface area contributed by atoms with Gasteiger partial charge in [-0.1, -0.05) is 12.1 Å². The van der Waals surface area contributed by atoms with Crippen molar-refractivity contribution in [2.45, 2.75) is 27.2 Å². The lowest BCUT2D eigenvalue weighted by atomic mass is 10.0. The quantitative estimate of drug-likeness (QED) is 0.944. The fraction of sp³-hybridized carbons (Fsp3) is 0.412. The van der Waals surface area contributed by atoms with Gasteiger partial charge in [0.15, 0.2) is 5.76 Å². The number of aryl methyl sites for hydroxylation is 3. The fourth-order valence-electron chi connectivity index (χ4n) is 2.48. The second-order valence-electron chi connectivity index (χ2n) is 5.75. The van der Waals surface area contributed by atoms with Crippen LogP contribution in [0.25, 0.3) is 11.0 Å². The number of furan rings is 1. The summed E-state index contributed by atoms with van der Waals surface area (Å²) in [6, 6.07) is 4.01. The van der Waals surface area contributed by atoms with Crippen molar-refractivity contribution >= 4 is 22.8 Å². The van der Waals surface area contributed by atoms with Gasteiger partial charge in [0.05, 0.1) is 0 Å². The molecule has 1 aromatic heterocycles. The molecule has 5 heteroatoms. The molecule has 118 valence electrons. The Kier molecular flexibility index (Phi) is 4.54. The molecule has 22 heavy (non-hydrogen) atoms. The van der Waals surface area contributed by atoms with Crippen LogP contribution in [0.1, 0.15) is 33.7 Å². The first kappa shape index (κ1) is 16.1. The Balaban J connectivity index is 2.19. The molecule has 0 fully saturated rings. The summed E-state index contributed by atoms with van der Waals surface area (Å²) < 4.78 is 5.77. The summed E-state index contributed by atoms with van der Waals surface area (Å²) in [5.74, 6) is 0.0251. The molecule has 0 saturated heterocycles. The third-order valence-electron chi connectivity index (χ3n) is 3.81. The molecule has 0 unspecified atom stereocenters. The van der Waals surface area contributed by atoms with Crippen molar-refractivity contribution < 1.29 is 14.0 Å². The van der Waals surface area contributed by atoms with Crippen molar-refractivity contribution in [2.24, 2.45) is 0 Å². The highest BCUT2D eigenvalue weighted by atomic mass is 16.3. The molecular formula is C17H22N2O3. The average molecular weight is 302 g/mol. The van der Waals surface area contributed by atoms with Gasteiger partial charge < -0.3 is 14.6 Å². The van der Waals surface area contributed by atoms with Gasteiger partial charge in [0, 0.05) is 38.0 Å². The summed E-state index contributed by atoms with van der Waals surface area (Å²) >= 11 is 0. The first-order valence-electron chi connectivity index (χ1n) is 7.30. The normalized spacial score (nSPS) is 10.8. The predicted octanol–water partition coefficient (Wildman–Crippen LogP) is 2.57. The second kappa shape index (κ2) is 6.22. The van der Waals surface area contributed by atoms with Gasteiger partial charge in [-0.25, -0.2) is 0 Å². The van der Waals surface area contributed by atoms with E-state index in [1.807, 2.05) is 32.9 Å². The van der Waals surface area contributed by atoms with Crippen molar-refractivity contribution in [2.75, 3.05) is 20.6 Å². The Labute approximate surface area is 130 Å². The van der Waals surface area contributed by atoms with Gasteiger partial charge in [-0.3, -0.25) is 9.59 Å². The van der Waals surface area contributed by atoms with Gasteiger partial charge in [0.1, 0.15) is 5.58 Å². The van der Waals surface area contributed by atoms with Gasteiger partial charge in [0.25, 0.3) is 5.91 Å². The molecule has 0 radical (unpaired) electrons. The van der Waals surface area contributed by atoms with E-state index in [0.29, 0.717) is 12.3 Å². The largest absolute Gasteiger partial charge is 0.450 e. The lowest BCUT2D eigenvalue weighted by Crippen LogP contribution is -2.30. The number of nitrogens with one attached hydrogen (secondary N) is 1. The van der Waals surface area contributed by atoms with E-state index in [4.69, 9.17) is 4.42 Å². The van der Waals surface area contributed by atoms with Crippen molar-refractivity contribution in [1.29, 1.82) is 0 Å². The summed E-state index contributed by atoms with van der Waals surface area (Å²) in [5, 5.41) is 3.74. The SMILES string of the molecule is Cc1ccc(C)c2c(C)c(C(=O)NCCC(=O)N(C)C)oc12. The molecule has 0 aliphatic heterocycles. The van der Waals surface area contributed by atoms with Gasteiger partial charge in [-0.2, -0.15) is 0 Å². The maximum absolute atomic E-state index is 12.3.